The first kappa shape index (κ1) is 12.7. The van der Waals surface area contributed by atoms with Crippen molar-refractivity contribution < 1.29 is 4.79 Å². The molecule has 1 aliphatic rings. The number of carbonyl (C=O) groups excluding carboxylic acids is 1. The number of carbonyl (C=O) groups is 1. The summed E-state index contributed by atoms with van der Waals surface area (Å²) in [6.45, 7) is 9.29. The second-order valence-corrected chi connectivity index (χ2v) is 4.94. The van der Waals surface area contributed by atoms with Crippen LogP contribution in [0.15, 0.2) is 0 Å². The number of Topliss-reactive ketones (excluding diaryl/α,β-unsaturated/α-hetero) is 1. The highest BCUT2D eigenvalue weighted by molar-refractivity contribution is 5.82. The lowest BCUT2D eigenvalue weighted by Gasteiger charge is -2.27. The van der Waals surface area contributed by atoms with Crippen molar-refractivity contribution in [3.63, 3.8) is 0 Å². The summed E-state index contributed by atoms with van der Waals surface area (Å²) in [4.78, 5) is 14.3. The zero-order chi connectivity index (χ0) is 11.4. The molecule has 88 valence electrons. The quantitative estimate of drug-likeness (QED) is 0.697. The summed E-state index contributed by atoms with van der Waals surface area (Å²) in [5.41, 5.74) is 0. The third kappa shape index (κ3) is 3.04. The van der Waals surface area contributed by atoms with Crippen LogP contribution in [-0.2, 0) is 4.79 Å². The molecule has 3 unspecified atom stereocenters. The minimum Gasteiger partial charge on any atom is -0.298 e. The maximum atomic E-state index is 11.9. The molecule has 0 radical (unpaired) electrons. The van der Waals surface area contributed by atoms with E-state index in [1.54, 1.807) is 0 Å². The summed E-state index contributed by atoms with van der Waals surface area (Å²) >= 11 is 0. The molecule has 1 rings (SSSR count). The Morgan fingerprint density at radius 1 is 1.40 bits per heavy atom. The molecule has 0 aromatic carbocycles. The Morgan fingerprint density at radius 3 is 2.60 bits per heavy atom. The average Bonchev–Trinajstić information content (AvgIpc) is 2.59. The van der Waals surface area contributed by atoms with Gasteiger partial charge < -0.3 is 0 Å². The highest BCUT2D eigenvalue weighted by Crippen LogP contribution is 2.26. The van der Waals surface area contributed by atoms with Gasteiger partial charge in [0, 0.05) is 18.0 Å². The van der Waals surface area contributed by atoms with Crippen molar-refractivity contribution >= 4 is 5.78 Å². The number of nitrogens with zero attached hydrogens (tertiary/aromatic N) is 1. The van der Waals surface area contributed by atoms with E-state index >= 15 is 0 Å². The lowest BCUT2D eigenvalue weighted by Crippen LogP contribution is -2.39. The van der Waals surface area contributed by atoms with Crippen molar-refractivity contribution in [1.82, 2.24) is 4.90 Å². The Kier molecular flexibility index (Phi) is 4.78. The van der Waals surface area contributed by atoms with Crippen LogP contribution in [0.5, 0.6) is 0 Å². The molecule has 1 fully saturated rings. The highest BCUT2D eigenvalue weighted by Gasteiger charge is 2.31. The number of hydrogen-bond acceptors (Lipinski definition) is 2. The van der Waals surface area contributed by atoms with Gasteiger partial charge in [0.25, 0.3) is 0 Å². The Labute approximate surface area is 94.0 Å². The van der Waals surface area contributed by atoms with Gasteiger partial charge in [-0.05, 0) is 32.6 Å². The number of hydrogen-bond donors (Lipinski definition) is 0. The van der Waals surface area contributed by atoms with Gasteiger partial charge in [0.1, 0.15) is 5.78 Å². The van der Waals surface area contributed by atoms with Gasteiger partial charge in [-0.15, -0.1) is 0 Å². The molecule has 0 aromatic heterocycles. The second-order valence-electron chi connectivity index (χ2n) is 4.94. The molecule has 0 aliphatic carbocycles. The topological polar surface area (TPSA) is 20.3 Å². The lowest BCUT2D eigenvalue weighted by atomic mass is 10.0. The monoisotopic (exact) mass is 211 g/mol. The van der Waals surface area contributed by atoms with Crippen molar-refractivity contribution in [3.8, 4) is 0 Å². The highest BCUT2D eigenvalue weighted by atomic mass is 16.1. The van der Waals surface area contributed by atoms with Gasteiger partial charge in [-0.1, -0.05) is 20.8 Å². The van der Waals surface area contributed by atoms with Crippen molar-refractivity contribution in [3.05, 3.63) is 0 Å². The van der Waals surface area contributed by atoms with E-state index in [1.165, 1.54) is 19.3 Å². The molecule has 0 amide bonds. The Morgan fingerprint density at radius 2 is 2.07 bits per heavy atom. The van der Waals surface area contributed by atoms with Gasteiger partial charge in [-0.25, -0.2) is 0 Å². The molecule has 2 heteroatoms. The third-order valence-electron chi connectivity index (χ3n) is 3.92. The minimum atomic E-state index is 0.232. The van der Waals surface area contributed by atoms with Crippen LogP contribution in [-0.4, -0.2) is 29.3 Å². The maximum Gasteiger partial charge on any atom is 0.149 e. The summed E-state index contributed by atoms with van der Waals surface area (Å²) in [5.74, 6) is 0.653. The molecule has 1 aliphatic heterocycles. The predicted octanol–water partition coefficient (Wildman–Crippen LogP) is 2.86. The number of ketones is 1. The number of likely N-dealkylation sites (tertiary alicyclic amines) is 1. The first-order chi connectivity index (χ1) is 7.10. The van der Waals surface area contributed by atoms with Crippen LogP contribution in [0.1, 0.15) is 53.4 Å². The van der Waals surface area contributed by atoms with Crippen LogP contribution in [0, 0.1) is 5.92 Å². The van der Waals surface area contributed by atoms with Crippen molar-refractivity contribution in [2.45, 2.75) is 65.5 Å². The van der Waals surface area contributed by atoms with E-state index in [-0.39, 0.29) is 5.92 Å². The molecule has 1 heterocycles. The standard InChI is InChI=1S/C13H25NO/c1-5-10(3)13(15)9-14-11(4)7-8-12(14)6-2/h10-12H,5-9H2,1-4H3. The first-order valence-corrected chi connectivity index (χ1v) is 6.38. The van der Waals surface area contributed by atoms with Gasteiger partial charge in [0.15, 0.2) is 0 Å². The SMILES string of the molecule is CCC(C)C(=O)CN1C(C)CCC1CC. The van der Waals surface area contributed by atoms with Gasteiger partial charge in [0.2, 0.25) is 0 Å². The smallest absolute Gasteiger partial charge is 0.149 e. The van der Waals surface area contributed by atoms with Gasteiger partial charge in [-0.2, -0.15) is 0 Å². The van der Waals surface area contributed by atoms with Crippen LogP contribution in [0.25, 0.3) is 0 Å². The predicted molar refractivity (Wildman–Crippen MR) is 63.9 cm³/mol. The van der Waals surface area contributed by atoms with E-state index in [0.717, 1.165) is 6.42 Å². The molecular formula is C13H25NO. The van der Waals surface area contributed by atoms with E-state index in [1.807, 2.05) is 6.92 Å². The van der Waals surface area contributed by atoms with Crippen LogP contribution in [0.3, 0.4) is 0 Å². The first-order valence-electron chi connectivity index (χ1n) is 6.38. The molecule has 0 aromatic rings. The van der Waals surface area contributed by atoms with Crippen LogP contribution < -0.4 is 0 Å². The summed E-state index contributed by atoms with van der Waals surface area (Å²) < 4.78 is 0. The average molecular weight is 211 g/mol. The molecule has 15 heavy (non-hydrogen) atoms. The van der Waals surface area contributed by atoms with Crippen LogP contribution in [0.2, 0.25) is 0 Å². The van der Waals surface area contributed by atoms with E-state index in [2.05, 4.69) is 25.7 Å². The van der Waals surface area contributed by atoms with E-state index in [9.17, 15) is 4.79 Å². The van der Waals surface area contributed by atoms with E-state index in [0.29, 0.717) is 24.4 Å². The zero-order valence-corrected chi connectivity index (χ0v) is 10.6. The Hall–Kier alpha value is -0.370. The lowest BCUT2D eigenvalue weighted by molar-refractivity contribution is -0.124. The van der Waals surface area contributed by atoms with E-state index in [4.69, 9.17) is 0 Å². The molecular weight excluding hydrogens is 186 g/mol. The molecule has 0 N–H and O–H groups in total. The van der Waals surface area contributed by atoms with E-state index < -0.39 is 0 Å². The fourth-order valence-electron chi connectivity index (χ4n) is 2.41. The number of rotatable bonds is 5. The van der Waals surface area contributed by atoms with Gasteiger partial charge >= 0.3 is 0 Å². The van der Waals surface area contributed by atoms with Crippen molar-refractivity contribution in [2.24, 2.45) is 5.92 Å². The van der Waals surface area contributed by atoms with Crippen molar-refractivity contribution in [1.29, 1.82) is 0 Å². The Balaban J connectivity index is 2.51. The maximum absolute atomic E-state index is 11.9. The summed E-state index contributed by atoms with van der Waals surface area (Å²) in [6, 6.07) is 1.25. The van der Waals surface area contributed by atoms with Gasteiger partial charge in [0.05, 0.1) is 6.54 Å². The fourth-order valence-corrected chi connectivity index (χ4v) is 2.41. The largest absolute Gasteiger partial charge is 0.298 e. The summed E-state index contributed by atoms with van der Waals surface area (Å²) in [5, 5.41) is 0. The zero-order valence-electron chi connectivity index (χ0n) is 10.6. The normalized spacial score (nSPS) is 29.3. The molecule has 3 atom stereocenters. The molecule has 2 nitrogen and oxygen atoms in total. The Bertz CT molecular complexity index is 215. The third-order valence-corrected chi connectivity index (χ3v) is 3.92. The molecule has 1 saturated heterocycles. The van der Waals surface area contributed by atoms with Crippen LogP contribution >= 0.6 is 0 Å². The second kappa shape index (κ2) is 5.64. The van der Waals surface area contributed by atoms with Crippen LogP contribution in [0.4, 0.5) is 0 Å². The van der Waals surface area contributed by atoms with Gasteiger partial charge in [-0.3, -0.25) is 9.69 Å². The summed E-state index contributed by atoms with van der Waals surface area (Å²) in [7, 11) is 0. The van der Waals surface area contributed by atoms with Crippen molar-refractivity contribution in [2.75, 3.05) is 6.54 Å². The fraction of sp³-hybridized carbons (Fsp3) is 0.923. The molecule has 0 spiro atoms. The minimum absolute atomic E-state index is 0.232. The molecule has 0 saturated carbocycles. The summed E-state index contributed by atoms with van der Waals surface area (Å²) in [6.07, 6.45) is 4.67. The molecule has 0 bridgehead atoms.